The molecule has 0 unspecified atom stereocenters. The highest BCUT2D eigenvalue weighted by molar-refractivity contribution is 6.36. The van der Waals surface area contributed by atoms with E-state index in [0.717, 1.165) is 0 Å². The Labute approximate surface area is 170 Å². The van der Waals surface area contributed by atoms with Crippen molar-refractivity contribution in [1.29, 1.82) is 0 Å². The Morgan fingerprint density at radius 2 is 1.89 bits per heavy atom. The van der Waals surface area contributed by atoms with Gasteiger partial charge in [-0.25, -0.2) is 4.98 Å². The lowest BCUT2D eigenvalue weighted by atomic mass is 10.2. The fourth-order valence-electron chi connectivity index (χ4n) is 2.10. The van der Waals surface area contributed by atoms with Crippen LogP contribution in [0.5, 0.6) is 0 Å². The standard InChI is InChI=1S/C16H8Cl3F3N4O2/c17-8-1-2-9(10(18)4-8)15-25-12(26-28-15)6-24-14(27)13-11(19)3-7(5-23-13)16(20,21)22/h1-5H,6H2,(H,24,27). The van der Waals surface area contributed by atoms with E-state index in [4.69, 9.17) is 39.3 Å². The van der Waals surface area contributed by atoms with Crippen molar-refractivity contribution in [3.63, 3.8) is 0 Å². The van der Waals surface area contributed by atoms with Crippen LogP contribution in [0.1, 0.15) is 21.9 Å². The number of amides is 1. The third-order valence-electron chi connectivity index (χ3n) is 3.42. The van der Waals surface area contributed by atoms with Crippen LogP contribution in [0.15, 0.2) is 35.0 Å². The molecule has 0 aliphatic rings. The summed E-state index contributed by atoms with van der Waals surface area (Å²) in [5.74, 6) is -0.580. The lowest BCUT2D eigenvalue weighted by molar-refractivity contribution is -0.137. The van der Waals surface area contributed by atoms with Gasteiger partial charge in [-0.2, -0.15) is 18.2 Å². The van der Waals surface area contributed by atoms with E-state index in [1.54, 1.807) is 12.1 Å². The molecule has 0 atom stereocenters. The molecule has 0 fully saturated rings. The molecule has 2 heterocycles. The number of alkyl halides is 3. The molecule has 1 amide bonds. The van der Waals surface area contributed by atoms with E-state index < -0.39 is 22.7 Å². The Balaban J connectivity index is 1.69. The number of hydrogen-bond donors (Lipinski definition) is 1. The number of nitrogens with zero attached hydrogens (tertiary/aromatic N) is 3. The average Bonchev–Trinajstić information content (AvgIpc) is 3.07. The van der Waals surface area contributed by atoms with Crippen molar-refractivity contribution >= 4 is 40.7 Å². The molecular weight excluding hydrogens is 444 g/mol. The molecule has 28 heavy (non-hydrogen) atoms. The van der Waals surface area contributed by atoms with Crippen LogP contribution in [-0.2, 0) is 12.7 Å². The van der Waals surface area contributed by atoms with Gasteiger partial charge >= 0.3 is 6.18 Å². The third kappa shape index (κ3) is 4.54. The van der Waals surface area contributed by atoms with Crippen molar-refractivity contribution in [2.45, 2.75) is 12.7 Å². The minimum atomic E-state index is -4.62. The Morgan fingerprint density at radius 1 is 1.14 bits per heavy atom. The van der Waals surface area contributed by atoms with Gasteiger partial charge in [-0.3, -0.25) is 4.79 Å². The molecule has 0 spiro atoms. The SMILES string of the molecule is O=C(NCc1noc(-c2ccc(Cl)cc2Cl)n1)c1ncc(C(F)(F)F)cc1Cl. The number of nitrogens with one attached hydrogen (secondary N) is 1. The lowest BCUT2D eigenvalue weighted by Gasteiger charge is -2.08. The van der Waals surface area contributed by atoms with Crippen LogP contribution in [0.25, 0.3) is 11.5 Å². The molecule has 3 rings (SSSR count). The minimum Gasteiger partial charge on any atom is -0.343 e. The van der Waals surface area contributed by atoms with Crippen LogP contribution in [0, 0.1) is 0 Å². The van der Waals surface area contributed by atoms with E-state index in [-0.39, 0.29) is 24.0 Å². The van der Waals surface area contributed by atoms with Gasteiger partial charge in [-0.1, -0.05) is 40.0 Å². The zero-order chi connectivity index (χ0) is 20.5. The first-order valence-corrected chi connectivity index (χ1v) is 8.57. The number of aromatic nitrogens is 3. The molecule has 1 N–H and O–H groups in total. The molecule has 0 saturated heterocycles. The molecule has 6 nitrogen and oxygen atoms in total. The molecule has 3 aromatic rings. The van der Waals surface area contributed by atoms with Gasteiger partial charge in [0.2, 0.25) is 0 Å². The summed E-state index contributed by atoms with van der Waals surface area (Å²) in [4.78, 5) is 19.7. The van der Waals surface area contributed by atoms with E-state index >= 15 is 0 Å². The maximum Gasteiger partial charge on any atom is 0.417 e. The summed E-state index contributed by atoms with van der Waals surface area (Å²) in [7, 11) is 0. The fourth-order valence-corrected chi connectivity index (χ4v) is 2.84. The minimum absolute atomic E-state index is 0.108. The number of pyridine rings is 1. The van der Waals surface area contributed by atoms with Gasteiger partial charge in [0.05, 0.1) is 27.7 Å². The van der Waals surface area contributed by atoms with E-state index in [9.17, 15) is 18.0 Å². The summed E-state index contributed by atoms with van der Waals surface area (Å²) in [5.41, 5.74) is -0.973. The van der Waals surface area contributed by atoms with Gasteiger partial charge in [0, 0.05) is 11.2 Å². The molecule has 146 valence electrons. The Bertz CT molecular complexity index is 1040. The smallest absolute Gasteiger partial charge is 0.343 e. The van der Waals surface area contributed by atoms with E-state index in [2.05, 4.69) is 20.4 Å². The first kappa shape index (κ1) is 20.4. The summed E-state index contributed by atoms with van der Waals surface area (Å²) in [6.45, 7) is -0.174. The number of halogens is 6. The third-order valence-corrected chi connectivity index (χ3v) is 4.26. The topological polar surface area (TPSA) is 80.9 Å². The second-order valence-electron chi connectivity index (χ2n) is 5.37. The lowest BCUT2D eigenvalue weighted by Crippen LogP contribution is -2.25. The van der Waals surface area contributed by atoms with Crippen molar-refractivity contribution < 1.29 is 22.5 Å². The number of rotatable bonds is 4. The summed E-state index contributed by atoms with van der Waals surface area (Å²) >= 11 is 17.6. The summed E-state index contributed by atoms with van der Waals surface area (Å²) < 4.78 is 42.9. The highest BCUT2D eigenvalue weighted by atomic mass is 35.5. The molecule has 2 aromatic heterocycles. The first-order chi connectivity index (χ1) is 13.1. The maximum atomic E-state index is 12.6. The second-order valence-corrected chi connectivity index (χ2v) is 6.63. The van der Waals surface area contributed by atoms with Crippen LogP contribution < -0.4 is 5.32 Å². The summed E-state index contributed by atoms with van der Waals surface area (Å²) in [5, 5.41) is 6.39. The molecule has 0 bridgehead atoms. The normalized spacial score (nSPS) is 11.5. The number of hydrogen-bond acceptors (Lipinski definition) is 5. The monoisotopic (exact) mass is 450 g/mol. The number of benzene rings is 1. The number of carbonyl (C=O) groups is 1. The van der Waals surface area contributed by atoms with Gasteiger partial charge in [0.15, 0.2) is 5.82 Å². The zero-order valence-corrected chi connectivity index (χ0v) is 15.8. The predicted octanol–water partition coefficient (Wildman–Crippen LogP) is 5.04. The quantitative estimate of drug-likeness (QED) is 0.601. The van der Waals surface area contributed by atoms with Crippen LogP contribution in [0.4, 0.5) is 13.2 Å². The molecule has 0 saturated carbocycles. The van der Waals surface area contributed by atoms with Crippen molar-refractivity contribution in [1.82, 2.24) is 20.4 Å². The Morgan fingerprint density at radius 3 is 2.54 bits per heavy atom. The summed E-state index contributed by atoms with van der Waals surface area (Å²) in [6, 6.07) is 5.31. The van der Waals surface area contributed by atoms with Crippen molar-refractivity contribution in [2.75, 3.05) is 0 Å². The van der Waals surface area contributed by atoms with E-state index in [1.807, 2.05) is 0 Å². The van der Waals surface area contributed by atoms with Crippen LogP contribution in [0.3, 0.4) is 0 Å². The predicted molar refractivity (Wildman–Crippen MR) is 95.2 cm³/mol. The summed E-state index contributed by atoms with van der Waals surface area (Å²) in [6.07, 6.45) is -4.09. The van der Waals surface area contributed by atoms with Gasteiger partial charge in [-0.15, -0.1) is 0 Å². The van der Waals surface area contributed by atoms with Crippen molar-refractivity contribution in [3.05, 3.63) is 62.6 Å². The second kappa shape index (κ2) is 7.94. The van der Waals surface area contributed by atoms with Crippen molar-refractivity contribution in [2.24, 2.45) is 0 Å². The van der Waals surface area contributed by atoms with Crippen LogP contribution >= 0.6 is 34.8 Å². The van der Waals surface area contributed by atoms with Gasteiger partial charge in [-0.05, 0) is 24.3 Å². The highest BCUT2D eigenvalue weighted by Crippen LogP contribution is 2.31. The van der Waals surface area contributed by atoms with Gasteiger partial charge in [0.25, 0.3) is 11.8 Å². The first-order valence-electron chi connectivity index (χ1n) is 7.44. The maximum absolute atomic E-state index is 12.6. The molecule has 0 aliphatic heterocycles. The van der Waals surface area contributed by atoms with Gasteiger partial charge < -0.3 is 9.84 Å². The molecular formula is C16H8Cl3F3N4O2. The number of carbonyl (C=O) groups excluding carboxylic acids is 1. The van der Waals surface area contributed by atoms with Crippen molar-refractivity contribution in [3.8, 4) is 11.5 Å². The highest BCUT2D eigenvalue weighted by Gasteiger charge is 2.32. The van der Waals surface area contributed by atoms with Crippen LogP contribution in [-0.4, -0.2) is 21.0 Å². The Kier molecular flexibility index (Phi) is 5.78. The average molecular weight is 452 g/mol. The Hall–Kier alpha value is -2.36. The molecule has 1 aromatic carbocycles. The largest absolute Gasteiger partial charge is 0.417 e. The van der Waals surface area contributed by atoms with Crippen LogP contribution in [0.2, 0.25) is 15.1 Å². The van der Waals surface area contributed by atoms with E-state index in [0.29, 0.717) is 27.9 Å². The molecule has 0 aliphatic carbocycles. The molecule has 0 radical (unpaired) electrons. The fraction of sp³-hybridized carbons (Fsp3) is 0.125. The molecule has 12 heteroatoms. The zero-order valence-electron chi connectivity index (χ0n) is 13.5. The van der Waals surface area contributed by atoms with E-state index in [1.165, 1.54) is 6.07 Å². The van der Waals surface area contributed by atoms with Gasteiger partial charge in [0.1, 0.15) is 5.69 Å².